The van der Waals surface area contributed by atoms with Gasteiger partial charge in [-0.3, -0.25) is 4.79 Å². The van der Waals surface area contributed by atoms with E-state index < -0.39 is 23.7 Å². The van der Waals surface area contributed by atoms with Crippen LogP contribution in [0.25, 0.3) is 5.69 Å². The van der Waals surface area contributed by atoms with Crippen molar-refractivity contribution in [3.63, 3.8) is 0 Å². The van der Waals surface area contributed by atoms with Crippen LogP contribution in [-0.2, 0) is 4.79 Å². The van der Waals surface area contributed by atoms with Crippen LogP contribution >= 0.6 is 11.6 Å². The highest BCUT2D eigenvalue weighted by atomic mass is 35.5. The van der Waals surface area contributed by atoms with Crippen LogP contribution in [0.1, 0.15) is 29.5 Å². The summed E-state index contributed by atoms with van der Waals surface area (Å²) in [4.78, 5) is 23.5. The molecule has 1 heterocycles. The number of aliphatic carboxylic acids is 1. The Kier molecular flexibility index (Phi) is 5.87. The van der Waals surface area contributed by atoms with Gasteiger partial charge < -0.3 is 10.4 Å². The molecule has 0 radical (unpaired) electrons. The molecule has 2 rings (SSSR count). The standard InChI is InChI=1S/C16H16ClFN4O3/c1-3-4-5-13(16(24)25)19-15(23)14-9(2)22(21-20-14)10-6-7-12(18)11(17)8-10/h3-4,6-8,13H,5H2,1-2H3,(H,19,23)(H,24,25)/b4-3+. The van der Waals surface area contributed by atoms with Gasteiger partial charge in [0, 0.05) is 0 Å². The van der Waals surface area contributed by atoms with Gasteiger partial charge in [0.15, 0.2) is 5.69 Å². The predicted octanol–water partition coefficient (Wildman–Crippen LogP) is 2.52. The van der Waals surface area contributed by atoms with Crippen LogP contribution in [0.2, 0.25) is 5.02 Å². The number of carbonyl (C=O) groups is 2. The number of halogens is 2. The predicted molar refractivity (Wildman–Crippen MR) is 89.4 cm³/mol. The van der Waals surface area contributed by atoms with E-state index in [9.17, 15) is 14.0 Å². The Hall–Kier alpha value is -2.74. The molecule has 0 aliphatic heterocycles. The highest BCUT2D eigenvalue weighted by Gasteiger charge is 2.23. The molecule has 1 amide bonds. The van der Waals surface area contributed by atoms with Gasteiger partial charge in [0.2, 0.25) is 0 Å². The van der Waals surface area contributed by atoms with Crippen LogP contribution in [0.15, 0.2) is 30.4 Å². The van der Waals surface area contributed by atoms with Crippen molar-refractivity contribution in [2.45, 2.75) is 26.3 Å². The van der Waals surface area contributed by atoms with Crippen molar-refractivity contribution in [1.29, 1.82) is 0 Å². The van der Waals surface area contributed by atoms with Crippen molar-refractivity contribution in [2.24, 2.45) is 0 Å². The molecule has 1 unspecified atom stereocenters. The lowest BCUT2D eigenvalue weighted by Crippen LogP contribution is -2.40. The van der Waals surface area contributed by atoms with E-state index in [1.165, 1.54) is 22.9 Å². The summed E-state index contributed by atoms with van der Waals surface area (Å²) >= 11 is 5.75. The lowest BCUT2D eigenvalue weighted by atomic mass is 10.2. The van der Waals surface area contributed by atoms with E-state index in [2.05, 4.69) is 15.6 Å². The van der Waals surface area contributed by atoms with E-state index in [0.29, 0.717) is 11.4 Å². The second-order valence-electron chi connectivity index (χ2n) is 5.20. The topological polar surface area (TPSA) is 97.1 Å². The SMILES string of the molecule is C/C=C/CC(NC(=O)c1nnn(-c2ccc(F)c(Cl)c2)c1C)C(=O)O. The average Bonchev–Trinajstić information content (AvgIpc) is 2.95. The fourth-order valence-electron chi connectivity index (χ4n) is 2.12. The monoisotopic (exact) mass is 366 g/mol. The number of carboxylic acid groups (broad SMARTS) is 1. The van der Waals surface area contributed by atoms with Crippen LogP contribution in [-0.4, -0.2) is 38.0 Å². The third-order valence-electron chi connectivity index (χ3n) is 3.47. The van der Waals surface area contributed by atoms with E-state index in [1.807, 2.05) is 0 Å². The maximum absolute atomic E-state index is 13.3. The van der Waals surface area contributed by atoms with Crippen molar-refractivity contribution in [2.75, 3.05) is 0 Å². The van der Waals surface area contributed by atoms with E-state index >= 15 is 0 Å². The summed E-state index contributed by atoms with van der Waals surface area (Å²) < 4.78 is 14.6. The minimum atomic E-state index is -1.15. The summed E-state index contributed by atoms with van der Waals surface area (Å²) in [5.41, 5.74) is 0.779. The van der Waals surface area contributed by atoms with Crippen molar-refractivity contribution in [1.82, 2.24) is 20.3 Å². The Morgan fingerprint density at radius 2 is 2.20 bits per heavy atom. The summed E-state index contributed by atoms with van der Waals surface area (Å²) in [6.07, 6.45) is 3.49. The molecule has 132 valence electrons. The largest absolute Gasteiger partial charge is 0.480 e. The van der Waals surface area contributed by atoms with Gasteiger partial charge in [0.05, 0.1) is 16.4 Å². The highest BCUT2D eigenvalue weighted by Crippen LogP contribution is 2.20. The zero-order chi connectivity index (χ0) is 18.6. The molecule has 0 saturated carbocycles. The molecule has 2 aromatic rings. The molecule has 0 bridgehead atoms. The minimum Gasteiger partial charge on any atom is -0.480 e. The zero-order valence-electron chi connectivity index (χ0n) is 13.5. The highest BCUT2D eigenvalue weighted by molar-refractivity contribution is 6.30. The number of hydrogen-bond acceptors (Lipinski definition) is 4. The first-order valence-electron chi connectivity index (χ1n) is 7.37. The van der Waals surface area contributed by atoms with Gasteiger partial charge in [-0.15, -0.1) is 5.10 Å². The number of rotatable bonds is 6. The van der Waals surface area contributed by atoms with E-state index in [0.717, 1.165) is 0 Å². The molecule has 1 aromatic carbocycles. The van der Waals surface area contributed by atoms with E-state index in [1.54, 1.807) is 26.0 Å². The molecule has 25 heavy (non-hydrogen) atoms. The van der Waals surface area contributed by atoms with Crippen LogP contribution in [0.3, 0.4) is 0 Å². The van der Waals surface area contributed by atoms with Crippen molar-refractivity contribution in [3.8, 4) is 5.69 Å². The Balaban J connectivity index is 2.26. The summed E-state index contributed by atoms with van der Waals surface area (Å²) in [5.74, 6) is -2.38. The van der Waals surface area contributed by atoms with E-state index in [4.69, 9.17) is 16.7 Å². The number of hydrogen-bond donors (Lipinski definition) is 2. The second kappa shape index (κ2) is 7.89. The Labute approximate surface area is 148 Å². The summed E-state index contributed by atoms with van der Waals surface area (Å²) in [6.45, 7) is 3.35. The first kappa shape index (κ1) is 18.6. The molecule has 0 saturated heterocycles. The number of aromatic nitrogens is 3. The number of amides is 1. The van der Waals surface area contributed by atoms with Crippen molar-refractivity contribution in [3.05, 3.63) is 52.6 Å². The molecule has 1 atom stereocenters. The van der Waals surface area contributed by atoms with Crippen LogP contribution in [0.5, 0.6) is 0 Å². The fourth-order valence-corrected chi connectivity index (χ4v) is 2.30. The number of allylic oxidation sites excluding steroid dienone is 1. The van der Waals surface area contributed by atoms with Crippen molar-refractivity contribution < 1.29 is 19.1 Å². The first-order chi connectivity index (χ1) is 11.8. The molecular weight excluding hydrogens is 351 g/mol. The Bertz CT molecular complexity index is 835. The molecule has 0 aliphatic carbocycles. The fraction of sp³-hybridized carbons (Fsp3) is 0.250. The zero-order valence-corrected chi connectivity index (χ0v) is 14.3. The molecule has 2 N–H and O–H groups in total. The van der Waals surface area contributed by atoms with Crippen LogP contribution < -0.4 is 5.32 Å². The minimum absolute atomic E-state index is 0.0211. The average molecular weight is 367 g/mol. The molecule has 1 aromatic heterocycles. The summed E-state index contributed by atoms with van der Waals surface area (Å²) in [7, 11) is 0. The molecule has 0 spiro atoms. The number of carboxylic acids is 1. The number of nitrogens with one attached hydrogen (secondary N) is 1. The van der Waals surface area contributed by atoms with Gasteiger partial charge in [-0.1, -0.05) is 29.0 Å². The summed E-state index contributed by atoms with van der Waals surface area (Å²) in [5, 5.41) is 19.1. The van der Waals surface area contributed by atoms with Crippen LogP contribution in [0.4, 0.5) is 4.39 Å². The molecule has 7 nitrogen and oxygen atoms in total. The molecular formula is C16H16ClFN4O3. The Morgan fingerprint density at radius 3 is 2.80 bits per heavy atom. The maximum atomic E-state index is 13.3. The normalized spacial score (nSPS) is 12.3. The lowest BCUT2D eigenvalue weighted by molar-refractivity contribution is -0.139. The summed E-state index contributed by atoms with van der Waals surface area (Å²) in [6, 6.07) is 2.90. The molecule has 0 fully saturated rings. The smallest absolute Gasteiger partial charge is 0.326 e. The third kappa shape index (κ3) is 4.21. The van der Waals surface area contributed by atoms with E-state index in [-0.39, 0.29) is 17.1 Å². The first-order valence-corrected chi connectivity index (χ1v) is 7.75. The lowest BCUT2D eigenvalue weighted by Gasteiger charge is -2.11. The van der Waals surface area contributed by atoms with Gasteiger partial charge in [-0.2, -0.15) is 0 Å². The maximum Gasteiger partial charge on any atom is 0.326 e. The van der Waals surface area contributed by atoms with Gasteiger partial charge >= 0.3 is 5.97 Å². The van der Waals surface area contributed by atoms with Gasteiger partial charge in [-0.05, 0) is 38.5 Å². The third-order valence-corrected chi connectivity index (χ3v) is 3.76. The van der Waals surface area contributed by atoms with Crippen LogP contribution in [0, 0.1) is 12.7 Å². The molecule has 9 heteroatoms. The molecule has 0 aliphatic rings. The van der Waals surface area contributed by atoms with Gasteiger partial charge in [0.1, 0.15) is 11.9 Å². The number of carbonyl (C=O) groups excluding carboxylic acids is 1. The second-order valence-corrected chi connectivity index (χ2v) is 5.61. The van der Waals surface area contributed by atoms with Crippen molar-refractivity contribution >= 4 is 23.5 Å². The van der Waals surface area contributed by atoms with Gasteiger partial charge in [-0.25, -0.2) is 13.9 Å². The Morgan fingerprint density at radius 1 is 1.48 bits per heavy atom. The number of nitrogens with zero attached hydrogens (tertiary/aromatic N) is 3. The quantitative estimate of drug-likeness (QED) is 0.765. The number of benzene rings is 1. The van der Waals surface area contributed by atoms with Gasteiger partial charge in [0.25, 0.3) is 5.91 Å².